The number of nitrogens with zero attached hydrogens (tertiary/aromatic N) is 3. The Balaban J connectivity index is 1.64. The number of benzene rings is 1. The molecule has 5 heteroatoms. The second kappa shape index (κ2) is 7.25. The summed E-state index contributed by atoms with van der Waals surface area (Å²) < 4.78 is 2.09. The summed E-state index contributed by atoms with van der Waals surface area (Å²) in [5, 5.41) is 2.97. The molecule has 0 atom stereocenters. The molecule has 0 spiro atoms. The Morgan fingerprint density at radius 1 is 1.17 bits per heavy atom. The molecule has 1 amide bonds. The van der Waals surface area contributed by atoms with Gasteiger partial charge in [-0.15, -0.1) is 0 Å². The van der Waals surface area contributed by atoms with Crippen molar-refractivity contribution in [1.82, 2.24) is 19.9 Å². The molecule has 24 heavy (non-hydrogen) atoms. The van der Waals surface area contributed by atoms with Crippen LogP contribution in [0.4, 0.5) is 0 Å². The van der Waals surface area contributed by atoms with Crippen LogP contribution in [0.5, 0.6) is 0 Å². The Labute approximate surface area is 141 Å². The molecule has 0 saturated carbocycles. The number of rotatable bonds is 6. The summed E-state index contributed by atoms with van der Waals surface area (Å²) in [6.07, 6.45) is 3.44. The molecule has 0 fully saturated rings. The van der Waals surface area contributed by atoms with Crippen molar-refractivity contribution >= 4 is 17.1 Å². The number of hydrogen-bond donors (Lipinski definition) is 1. The fourth-order valence-corrected chi connectivity index (χ4v) is 2.81. The van der Waals surface area contributed by atoms with Crippen molar-refractivity contribution in [2.45, 2.75) is 33.2 Å². The van der Waals surface area contributed by atoms with Crippen LogP contribution >= 0.6 is 0 Å². The van der Waals surface area contributed by atoms with Crippen LogP contribution in [0.1, 0.15) is 35.6 Å². The summed E-state index contributed by atoms with van der Waals surface area (Å²) in [4.78, 5) is 21.2. The third-order valence-corrected chi connectivity index (χ3v) is 4.16. The van der Waals surface area contributed by atoms with Gasteiger partial charge < -0.3 is 9.88 Å². The molecule has 2 aromatic heterocycles. The second-order valence-electron chi connectivity index (χ2n) is 5.67. The molecule has 0 bridgehead atoms. The van der Waals surface area contributed by atoms with Crippen molar-refractivity contribution in [3.05, 3.63) is 59.5 Å². The topological polar surface area (TPSA) is 59.8 Å². The first-order chi connectivity index (χ1) is 11.7. The maximum absolute atomic E-state index is 12.2. The summed E-state index contributed by atoms with van der Waals surface area (Å²) in [7, 11) is 0. The monoisotopic (exact) mass is 322 g/mol. The first-order valence-electron chi connectivity index (χ1n) is 8.40. The van der Waals surface area contributed by atoms with Gasteiger partial charge in [0.1, 0.15) is 11.3 Å². The van der Waals surface area contributed by atoms with Gasteiger partial charge in [-0.2, -0.15) is 0 Å². The third kappa shape index (κ3) is 3.30. The molecule has 0 radical (unpaired) electrons. The van der Waals surface area contributed by atoms with Gasteiger partial charge in [0.2, 0.25) is 0 Å². The van der Waals surface area contributed by atoms with Crippen LogP contribution in [0.15, 0.2) is 42.6 Å². The van der Waals surface area contributed by atoms with E-state index in [0.717, 1.165) is 30.0 Å². The highest BCUT2D eigenvalue weighted by atomic mass is 16.1. The predicted octanol–water partition coefficient (Wildman–Crippen LogP) is 2.99. The van der Waals surface area contributed by atoms with E-state index in [0.29, 0.717) is 18.5 Å². The second-order valence-corrected chi connectivity index (χ2v) is 5.67. The van der Waals surface area contributed by atoms with Crippen molar-refractivity contribution in [3.8, 4) is 0 Å². The van der Waals surface area contributed by atoms with Gasteiger partial charge in [-0.25, -0.2) is 9.97 Å². The Morgan fingerprint density at radius 2 is 1.96 bits per heavy atom. The lowest BCUT2D eigenvalue weighted by atomic mass is 10.1. The van der Waals surface area contributed by atoms with Crippen molar-refractivity contribution in [1.29, 1.82) is 0 Å². The number of imidazole rings is 1. The zero-order valence-electron chi connectivity index (χ0n) is 14.1. The van der Waals surface area contributed by atoms with Crippen molar-refractivity contribution < 1.29 is 4.79 Å². The molecule has 5 nitrogen and oxygen atoms in total. The number of carbonyl (C=O) groups is 1. The summed E-state index contributed by atoms with van der Waals surface area (Å²) >= 11 is 0. The molecule has 0 unspecified atom stereocenters. The fourth-order valence-electron chi connectivity index (χ4n) is 2.81. The lowest BCUT2D eigenvalue weighted by molar-refractivity contribution is 0.0954. The van der Waals surface area contributed by atoms with E-state index < -0.39 is 0 Å². The largest absolute Gasteiger partial charge is 0.352 e. The lowest BCUT2D eigenvalue weighted by Crippen LogP contribution is -2.26. The number of aromatic nitrogens is 3. The van der Waals surface area contributed by atoms with E-state index in [1.54, 1.807) is 6.20 Å². The summed E-state index contributed by atoms with van der Waals surface area (Å²) in [6, 6.07) is 11.6. The SMILES string of the molecule is CCc1ccc(C(=O)NCCc2nc3cccnc3n2CC)cc1. The Bertz CT molecular complexity index is 836. The molecular weight excluding hydrogens is 300 g/mol. The average molecular weight is 322 g/mol. The van der Waals surface area contributed by atoms with E-state index in [-0.39, 0.29) is 5.91 Å². The van der Waals surface area contributed by atoms with E-state index in [9.17, 15) is 4.79 Å². The predicted molar refractivity (Wildman–Crippen MR) is 95.1 cm³/mol. The molecule has 2 heterocycles. The van der Waals surface area contributed by atoms with Crippen molar-refractivity contribution in [2.75, 3.05) is 6.54 Å². The van der Waals surface area contributed by atoms with Gasteiger partial charge >= 0.3 is 0 Å². The maximum Gasteiger partial charge on any atom is 0.251 e. The van der Waals surface area contributed by atoms with Gasteiger partial charge in [0.15, 0.2) is 5.65 Å². The van der Waals surface area contributed by atoms with Crippen LogP contribution in [0.3, 0.4) is 0 Å². The van der Waals surface area contributed by atoms with Gasteiger partial charge in [0, 0.05) is 31.3 Å². The minimum atomic E-state index is -0.0464. The smallest absolute Gasteiger partial charge is 0.251 e. The summed E-state index contributed by atoms with van der Waals surface area (Å²) in [5.41, 5.74) is 3.72. The molecule has 1 aromatic carbocycles. The number of fused-ring (bicyclic) bond motifs is 1. The lowest BCUT2D eigenvalue weighted by Gasteiger charge is -2.07. The van der Waals surface area contributed by atoms with E-state index >= 15 is 0 Å². The molecule has 124 valence electrons. The molecule has 0 aliphatic rings. The third-order valence-electron chi connectivity index (χ3n) is 4.16. The number of carbonyl (C=O) groups excluding carboxylic acids is 1. The minimum Gasteiger partial charge on any atom is -0.352 e. The van der Waals surface area contributed by atoms with Crippen LogP contribution in [0.2, 0.25) is 0 Å². The molecule has 3 aromatic rings. The van der Waals surface area contributed by atoms with Crippen molar-refractivity contribution in [2.24, 2.45) is 0 Å². The average Bonchev–Trinajstić information content (AvgIpc) is 2.99. The van der Waals surface area contributed by atoms with Crippen LogP contribution < -0.4 is 5.32 Å². The highest BCUT2D eigenvalue weighted by Gasteiger charge is 2.11. The minimum absolute atomic E-state index is 0.0464. The Kier molecular flexibility index (Phi) is 4.89. The van der Waals surface area contributed by atoms with E-state index in [1.165, 1.54) is 5.56 Å². The van der Waals surface area contributed by atoms with E-state index in [1.807, 2.05) is 36.4 Å². The van der Waals surface area contributed by atoms with Gasteiger partial charge in [-0.1, -0.05) is 19.1 Å². The highest BCUT2D eigenvalue weighted by Crippen LogP contribution is 2.13. The standard InChI is InChI=1S/C19H22N4O/c1-3-14-7-9-15(10-8-14)19(24)21-13-11-17-22-16-6-5-12-20-18(16)23(17)4-2/h5-10,12H,3-4,11,13H2,1-2H3,(H,21,24). The van der Waals surface area contributed by atoms with E-state index in [2.05, 4.69) is 33.7 Å². The number of nitrogens with one attached hydrogen (secondary N) is 1. The van der Waals surface area contributed by atoms with Crippen LogP contribution in [-0.2, 0) is 19.4 Å². The Hall–Kier alpha value is -2.69. The molecule has 0 aliphatic carbocycles. The number of amides is 1. The normalized spacial score (nSPS) is 10.9. The molecule has 3 rings (SSSR count). The molecular formula is C19H22N4O. The van der Waals surface area contributed by atoms with Crippen LogP contribution in [-0.4, -0.2) is 27.0 Å². The number of hydrogen-bond acceptors (Lipinski definition) is 3. The van der Waals surface area contributed by atoms with Gasteiger partial charge in [0.05, 0.1) is 0 Å². The van der Waals surface area contributed by atoms with Gasteiger partial charge in [-0.05, 0) is 43.2 Å². The molecule has 1 N–H and O–H groups in total. The molecule has 0 saturated heterocycles. The first-order valence-corrected chi connectivity index (χ1v) is 8.40. The van der Waals surface area contributed by atoms with Crippen LogP contribution in [0.25, 0.3) is 11.2 Å². The van der Waals surface area contributed by atoms with E-state index in [4.69, 9.17) is 0 Å². The number of aryl methyl sites for hydroxylation is 2. The zero-order valence-corrected chi connectivity index (χ0v) is 14.1. The fraction of sp³-hybridized carbons (Fsp3) is 0.316. The van der Waals surface area contributed by atoms with Gasteiger partial charge in [0.25, 0.3) is 5.91 Å². The van der Waals surface area contributed by atoms with Crippen molar-refractivity contribution in [3.63, 3.8) is 0 Å². The summed E-state index contributed by atoms with van der Waals surface area (Å²) in [6.45, 7) is 5.55. The summed E-state index contributed by atoms with van der Waals surface area (Å²) in [5.74, 6) is 0.905. The number of pyridine rings is 1. The maximum atomic E-state index is 12.2. The molecule has 0 aliphatic heterocycles. The van der Waals surface area contributed by atoms with Gasteiger partial charge in [-0.3, -0.25) is 4.79 Å². The zero-order chi connectivity index (χ0) is 16.9. The quantitative estimate of drug-likeness (QED) is 0.759. The highest BCUT2D eigenvalue weighted by molar-refractivity contribution is 5.94. The van der Waals surface area contributed by atoms with Crippen LogP contribution in [0, 0.1) is 0 Å². The Morgan fingerprint density at radius 3 is 2.67 bits per heavy atom. The first kappa shape index (κ1) is 16.2.